The summed E-state index contributed by atoms with van der Waals surface area (Å²) in [5.41, 5.74) is 1.32. The van der Waals surface area contributed by atoms with Crippen molar-refractivity contribution in [3.05, 3.63) is 59.7 Å². The number of hydrogen-bond acceptors (Lipinski definition) is 4. The van der Waals surface area contributed by atoms with Gasteiger partial charge in [-0.05, 0) is 29.8 Å². The summed E-state index contributed by atoms with van der Waals surface area (Å²) >= 11 is 0. The van der Waals surface area contributed by atoms with Crippen LogP contribution >= 0.6 is 0 Å². The number of carbonyl (C=O) groups excluding carboxylic acids is 1. The van der Waals surface area contributed by atoms with Crippen LogP contribution in [0.4, 0.5) is 0 Å². The second-order valence-corrected chi connectivity index (χ2v) is 6.38. The average molecular weight is 290 g/mol. The molecule has 2 rings (SSSR count). The molecule has 0 heterocycles. The zero-order valence-electron chi connectivity index (χ0n) is 10.9. The second kappa shape index (κ2) is 5.88. The molecule has 0 aliphatic rings. The molecule has 0 unspecified atom stereocenters. The van der Waals surface area contributed by atoms with E-state index in [0.717, 1.165) is 11.8 Å². The van der Waals surface area contributed by atoms with Crippen LogP contribution in [-0.2, 0) is 16.4 Å². The molecule has 0 fully saturated rings. The van der Waals surface area contributed by atoms with Crippen LogP contribution in [0.5, 0.6) is 5.75 Å². The molecular formula is C15H14O4S. The van der Waals surface area contributed by atoms with Crippen LogP contribution in [-0.4, -0.2) is 21.0 Å². The average Bonchev–Trinajstić information content (AvgIpc) is 2.45. The third-order valence-electron chi connectivity index (χ3n) is 2.79. The Morgan fingerprint density at radius 3 is 2.30 bits per heavy atom. The number of carbonyl (C=O) groups is 1. The largest absolute Gasteiger partial charge is 0.488 e. The van der Waals surface area contributed by atoms with Crippen molar-refractivity contribution in [3.8, 4) is 5.75 Å². The second-order valence-electron chi connectivity index (χ2n) is 4.36. The molecule has 0 spiro atoms. The smallest absolute Gasteiger partial charge is 0.175 e. The van der Waals surface area contributed by atoms with E-state index in [2.05, 4.69) is 0 Å². The van der Waals surface area contributed by atoms with E-state index >= 15 is 0 Å². The molecule has 0 aliphatic carbocycles. The molecule has 0 radical (unpaired) electrons. The molecule has 0 aromatic heterocycles. The van der Waals surface area contributed by atoms with Gasteiger partial charge < -0.3 is 4.74 Å². The first kappa shape index (κ1) is 14.3. The van der Waals surface area contributed by atoms with Gasteiger partial charge >= 0.3 is 0 Å². The van der Waals surface area contributed by atoms with Crippen LogP contribution in [0.15, 0.2) is 53.4 Å². The molecule has 0 saturated carbocycles. The minimum absolute atomic E-state index is 0.273. The lowest BCUT2D eigenvalue weighted by molar-refractivity contribution is 0.111. The molecule has 0 amide bonds. The Balaban J connectivity index is 2.10. The topological polar surface area (TPSA) is 60.4 Å². The van der Waals surface area contributed by atoms with Gasteiger partial charge in [-0.1, -0.05) is 24.3 Å². The fourth-order valence-corrected chi connectivity index (χ4v) is 2.33. The summed E-state index contributed by atoms with van der Waals surface area (Å²) in [5.74, 6) is 0.509. The predicted molar refractivity (Wildman–Crippen MR) is 75.7 cm³/mol. The lowest BCUT2D eigenvalue weighted by Gasteiger charge is -2.08. The molecule has 20 heavy (non-hydrogen) atoms. The van der Waals surface area contributed by atoms with Crippen LogP contribution in [0.2, 0.25) is 0 Å². The quantitative estimate of drug-likeness (QED) is 0.794. The van der Waals surface area contributed by atoms with Crippen molar-refractivity contribution in [1.82, 2.24) is 0 Å². The van der Waals surface area contributed by atoms with Gasteiger partial charge in [0, 0.05) is 6.26 Å². The minimum atomic E-state index is -3.18. The Morgan fingerprint density at radius 1 is 1.05 bits per heavy atom. The standard InChI is InChI=1S/C15H14O4S/c1-20(17,18)14-8-6-12(7-9-14)11-19-15-5-3-2-4-13(15)10-16/h2-10H,11H2,1H3. The summed E-state index contributed by atoms with van der Waals surface area (Å²) < 4.78 is 28.2. The van der Waals surface area contributed by atoms with Crippen molar-refractivity contribution >= 4 is 16.1 Å². The lowest BCUT2D eigenvalue weighted by Crippen LogP contribution is -2.00. The molecule has 0 aliphatic heterocycles. The Hall–Kier alpha value is -2.14. The highest BCUT2D eigenvalue weighted by molar-refractivity contribution is 7.90. The number of rotatable bonds is 5. The summed E-state index contributed by atoms with van der Waals surface area (Å²) in [4.78, 5) is 11.1. The van der Waals surface area contributed by atoms with E-state index in [9.17, 15) is 13.2 Å². The van der Waals surface area contributed by atoms with E-state index in [1.165, 1.54) is 6.26 Å². The number of sulfone groups is 1. The van der Waals surface area contributed by atoms with E-state index < -0.39 is 9.84 Å². The van der Waals surface area contributed by atoms with Gasteiger partial charge in [0.2, 0.25) is 0 Å². The van der Waals surface area contributed by atoms with Crippen molar-refractivity contribution in [3.63, 3.8) is 0 Å². The maximum atomic E-state index is 11.3. The van der Waals surface area contributed by atoms with Crippen LogP contribution in [0.1, 0.15) is 15.9 Å². The molecule has 4 nitrogen and oxygen atoms in total. The molecule has 5 heteroatoms. The third kappa shape index (κ3) is 3.45. The summed E-state index contributed by atoms with van der Waals surface area (Å²) in [5, 5.41) is 0. The Kier molecular flexibility index (Phi) is 4.20. The zero-order chi connectivity index (χ0) is 14.6. The summed E-state index contributed by atoms with van der Waals surface area (Å²) in [7, 11) is -3.18. The first-order valence-corrected chi connectivity index (χ1v) is 7.86. The van der Waals surface area contributed by atoms with Crippen LogP contribution in [0.25, 0.3) is 0 Å². The van der Waals surface area contributed by atoms with Gasteiger partial charge in [0.05, 0.1) is 10.5 Å². The van der Waals surface area contributed by atoms with Crippen LogP contribution in [0, 0.1) is 0 Å². The van der Waals surface area contributed by atoms with Crippen molar-refractivity contribution < 1.29 is 17.9 Å². The van der Waals surface area contributed by atoms with Gasteiger partial charge in [-0.25, -0.2) is 8.42 Å². The highest BCUT2D eigenvalue weighted by Gasteiger charge is 2.07. The Bertz CT molecular complexity index is 703. The summed E-state index contributed by atoms with van der Waals surface area (Å²) in [6.07, 6.45) is 1.90. The van der Waals surface area contributed by atoms with Crippen LogP contribution < -0.4 is 4.74 Å². The lowest BCUT2D eigenvalue weighted by atomic mass is 10.2. The van der Waals surface area contributed by atoms with Gasteiger partial charge in [0.1, 0.15) is 12.4 Å². The Labute approximate surface area is 117 Å². The fraction of sp³-hybridized carbons (Fsp3) is 0.133. The fourth-order valence-electron chi connectivity index (χ4n) is 1.70. The first-order valence-electron chi connectivity index (χ1n) is 5.97. The molecule has 2 aromatic carbocycles. The van der Waals surface area contributed by atoms with Crippen molar-refractivity contribution in [1.29, 1.82) is 0 Å². The molecule has 0 bridgehead atoms. The van der Waals surface area contributed by atoms with Crippen molar-refractivity contribution in [2.45, 2.75) is 11.5 Å². The van der Waals surface area contributed by atoms with Gasteiger partial charge in [-0.15, -0.1) is 0 Å². The summed E-state index contributed by atoms with van der Waals surface area (Å²) in [6, 6.07) is 13.4. The number of ether oxygens (including phenoxy) is 1. The number of benzene rings is 2. The van der Waals surface area contributed by atoms with E-state index in [1.54, 1.807) is 48.5 Å². The van der Waals surface area contributed by atoms with Gasteiger partial charge in [-0.2, -0.15) is 0 Å². The monoisotopic (exact) mass is 290 g/mol. The SMILES string of the molecule is CS(=O)(=O)c1ccc(COc2ccccc2C=O)cc1. The first-order chi connectivity index (χ1) is 9.50. The molecule has 0 N–H and O–H groups in total. The maximum Gasteiger partial charge on any atom is 0.175 e. The van der Waals surface area contributed by atoms with Crippen molar-refractivity contribution in [2.75, 3.05) is 6.26 Å². The third-order valence-corrected chi connectivity index (χ3v) is 3.92. The number of hydrogen-bond donors (Lipinski definition) is 0. The van der Waals surface area contributed by atoms with Gasteiger partial charge in [-0.3, -0.25) is 4.79 Å². The minimum Gasteiger partial charge on any atom is -0.488 e. The molecule has 0 saturated heterocycles. The normalized spacial score (nSPS) is 11.1. The van der Waals surface area contributed by atoms with E-state index in [0.29, 0.717) is 11.3 Å². The van der Waals surface area contributed by atoms with E-state index in [-0.39, 0.29) is 11.5 Å². The van der Waals surface area contributed by atoms with Gasteiger partial charge in [0.25, 0.3) is 0 Å². The molecule has 0 atom stereocenters. The number of para-hydroxylation sites is 1. The van der Waals surface area contributed by atoms with Crippen LogP contribution in [0.3, 0.4) is 0 Å². The molecule has 104 valence electrons. The zero-order valence-corrected chi connectivity index (χ0v) is 11.8. The number of aldehydes is 1. The highest BCUT2D eigenvalue weighted by atomic mass is 32.2. The highest BCUT2D eigenvalue weighted by Crippen LogP contribution is 2.18. The van der Waals surface area contributed by atoms with Crippen molar-refractivity contribution in [2.24, 2.45) is 0 Å². The summed E-state index contributed by atoms with van der Waals surface area (Å²) in [6.45, 7) is 0.273. The van der Waals surface area contributed by atoms with E-state index in [1.807, 2.05) is 0 Å². The molecule has 2 aromatic rings. The van der Waals surface area contributed by atoms with Gasteiger partial charge in [0.15, 0.2) is 16.1 Å². The van der Waals surface area contributed by atoms with E-state index in [4.69, 9.17) is 4.74 Å². The molecular weight excluding hydrogens is 276 g/mol. The maximum absolute atomic E-state index is 11.3. The predicted octanol–water partition coefficient (Wildman–Crippen LogP) is 2.48. The Morgan fingerprint density at radius 2 is 1.70 bits per heavy atom.